The minimum Gasteiger partial charge on any atom is -0.340 e. The van der Waals surface area contributed by atoms with Crippen molar-refractivity contribution in [3.63, 3.8) is 0 Å². The lowest BCUT2D eigenvalue weighted by Gasteiger charge is -2.19. The standard InChI is InChI=1S/C25H19ClFN3O2S/c1-15-13-21(29-24(31)19-8-7-18(27)14-20(19)26)33-23(15)25(32)30-22(16-5-3-2-4-6-16)17-9-11-28-12-10-17/h2-14,22H,1H3,(H,29,31)(H,30,32). The number of hydrogen-bond acceptors (Lipinski definition) is 4. The van der Waals surface area contributed by atoms with Gasteiger partial charge in [-0.15, -0.1) is 11.3 Å². The number of hydrogen-bond donors (Lipinski definition) is 2. The molecule has 8 heteroatoms. The fraction of sp³-hybridized carbons (Fsp3) is 0.0800. The van der Waals surface area contributed by atoms with E-state index in [0.29, 0.717) is 9.88 Å². The summed E-state index contributed by atoms with van der Waals surface area (Å²) in [6.07, 6.45) is 3.37. The van der Waals surface area contributed by atoms with Gasteiger partial charge in [-0.25, -0.2) is 4.39 Å². The van der Waals surface area contributed by atoms with Crippen LogP contribution >= 0.6 is 22.9 Å². The van der Waals surface area contributed by atoms with Crippen molar-refractivity contribution in [2.45, 2.75) is 13.0 Å². The number of rotatable bonds is 6. The number of amides is 2. The molecule has 0 saturated heterocycles. The van der Waals surface area contributed by atoms with Crippen molar-refractivity contribution in [1.82, 2.24) is 10.3 Å². The second-order valence-electron chi connectivity index (χ2n) is 7.30. The minimum atomic E-state index is -0.523. The topological polar surface area (TPSA) is 71.1 Å². The largest absolute Gasteiger partial charge is 0.340 e. The third kappa shape index (κ3) is 5.27. The molecule has 0 aliphatic rings. The summed E-state index contributed by atoms with van der Waals surface area (Å²) in [5.41, 5.74) is 2.71. The SMILES string of the molecule is Cc1cc(NC(=O)c2ccc(F)cc2Cl)sc1C(=O)NC(c1ccccc1)c1ccncc1. The minimum absolute atomic E-state index is 0.0156. The van der Waals surface area contributed by atoms with E-state index >= 15 is 0 Å². The van der Waals surface area contributed by atoms with Crippen molar-refractivity contribution in [3.05, 3.63) is 117 Å². The molecule has 0 saturated carbocycles. The molecule has 2 aromatic heterocycles. The second-order valence-corrected chi connectivity index (χ2v) is 8.76. The van der Waals surface area contributed by atoms with E-state index in [1.165, 1.54) is 12.1 Å². The van der Waals surface area contributed by atoms with Crippen LogP contribution in [0.5, 0.6) is 0 Å². The molecule has 0 bridgehead atoms. The highest BCUT2D eigenvalue weighted by Crippen LogP contribution is 2.30. The van der Waals surface area contributed by atoms with Crippen LogP contribution in [0.25, 0.3) is 0 Å². The maximum absolute atomic E-state index is 13.3. The van der Waals surface area contributed by atoms with E-state index in [9.17, 15) is 14.0 Å². The summed E-state index contributed by atoms with van der Waals surface area (Å²) in [6.45, 7) is 1.80. The molecule has 0 aliphatic carbocycles. The number of anilines is 1. The van der Waals surface area contributed by atoms with Gasteiger partial charge in [-0.05, 0) is 60.0 Å². The monoisotopic (exact) mass is 479 g/mol. The zero-order valence-corrected chi connectivity index (χ0v) is 19.1. The Bertz CT molecular complexity index is 1260. The van der Waals surface area contributed by atoms with Gasteiger partial charge in [0.05, 0.1) is 26.5 Å². The predicted molar refractivity (Wildman–Crippen MR) is 128 cm³/mol. The number of halogens is 2. The van der Waals surface area contributed by atoms with Gasteiger partial charge in [0.25, 0.3) is 11.8 Å². The van der Waals surface area contributed by atoms with Crippen LogP contribution < -0.4 is 10.6 Å². The number of aryl methyl sites for hydroxylation is 1. The van der Waals surface area contributed by atoms with Crippen LogP contribution in [-0.2, 0) is 0 Å². The molecule has 0 aliphatic heterocycles. The van der Waals surface area contributed by atoms with Gasteiger partial charge in [0.2, 0.25) is 0 Å². The number of thiophene rings is 1. The van der Waals surface area contributed by atoms with Gasteiger partial charge in [0.1, 0.15) is 5.82 Å². The van der Waals surface area contributed by atoms with Gasteiger partial charge in [0, 0.05) is 12.4 Å². The van der Waals surface area contributed by atoms with E-state index in [0.717, 1.165) is 34.1 Å². The smallest absolute Gasteiger partial charge is 0.262 e. The van der Waals surface area contributed by atoms with Gasteiger partial charge in [-0.1, -0.05) is 41.9 Å². The Kier molecular flexibility index (Phi) is 6.82. The molecule has 0 radical (unpaired) electrons. The molecule has 0 spiro atoms. The Morgan fingerprint density at radius 1 is 0.970 bits per heavy atom. The highest BCUT2D eigenvalue weighted by molar-refractivity contribution is 7.18. The normalized spacial score (nSPS) is 11.6. The lowest BCUT2D eigenvalue weighted by atomic mass is 9.99. The van der Waals surface area contributed by atoms with E-state index in [4.69, 9.17) is 11.6 Å². The van der Waals surface area contributed by atoms with Crippen LogP contribution in [0.3, 0.4) is 0 Å². The Hall–Kier alpha value is -3.55. The quantitative estimate of drug-likeness (QED) is 0.355. The highest BCUT2D eigenvalue weighted by atomic mass is 35.5. The van der Waals surface area contributed by atoms with Gasteiger partial charge >= 0.3 is 0 Å². The van der Waals surface area contributed by atoms with E-state index in [2.05, 4.69) is 15.6 Å². The molecule has 33 heavy (non-hydrogen) atoms. The van der Waals surface area contributed by atoms with Crippen LogP contribution in [0.15, 0.2) is 79.1 Å². The first-order chi connectivity index (χ1) is 15.9. The average molecular weight is 480 g/mol. The molecule has 1 atom stereocenters. The first-order valence-electron chi connectivity index (χ1n) is 10.0. The molecule has 2 N–H and O–H groups in total. The van der Waals surface area contributed by atoms with E-state index in [1.807, 2.05) is 42.5 Å². The van der Waals surface area contributed by atoms with Crippen LogP contribution in [0, 0.1) is 12.7 Å². The molecule has 1 unspecified atom stereocenters. The molecule has 4 aromatic rings. The van der Waals surface area contributed by atoms with Crippen molar-refractivity contribution in [3.8, 4) is 0 Å². The Labute approximate surface area is 199 Å². The van der Waals surface area contributed by atoms with E-state index < -0.39 is 11.7 Å². The van der Waals surface area contributed by atoms with Gasteiger partial charge in [-0.2, -0.15) is 0 Å². The number of pyridine rings is 1. The molecule has 5 nitrogen and oxygen atoms in total. The van der Waals surface area contributed by atoms with Gasteiger partial charge < -0.3 is 10.6 Å². The molecule has 166 valence electrons. The Balaban J connectivity index is 1.55. The molecule has 2 aromatic carbocycles. The lowest BCUT2D eigenvalue weighted by Crippen LogP contribution is -2.29. The maximum atomic E-state index is 13.3. The average Bonchev–Trinajstić information content (AvgIpc) is 3.18. The molecular formula is C25H19ClFN3O2S. The number of nitrogens with zero attached hydrogens (tertiary/aromatic N) is 1. The third-order valence-electron chi connectivity index (χ3n) is 4.98. The molecule has 0 fully saturated rings. The van der Waals surface area contributed by atoms with Crippen molar-refractivity contribution >= 4 is 39.8 Å². The van der Waals surface area contributed by atoms with Crippen molar-refractivity contribution in [1.29, 1.82) is 0 Å². The number of nitrogens with one attached hydrogen (secondary N) is 2. The third-order valence-corrected chi connectivity index (χ3v) is 6.45. The summed E-state index contributed by atoms with van der Waals surface area (Å²) < 4.78 is 13.3. The second kappa shape index (κ2) is 9.94. The van der Waals surface area contributed by atoms with Crippen molar-refractivity contribution in [2.24, 2.45) is 0 Å². The van der Waals surface area contributed by atoms with Crippen molar-refractivity contribution < 1.29 is 14.0 Å². The number of aromatic nitrogens is 1. The van der Waals surface area contributed by atoms with Gasteiger partial charge in [0.15, 0.2) is 0 Å². The summed E-state index contributed by atoms with van der Waals surface area (Å²) in [4.78, 5) is 30.3. The molecule has 2 heterocycles. The zero-order chi connectivity index (χ0) is 23.4. The Morgan fingerprint density at radius 3 is 2.36 bits per heavy atom. The summed E-state index contributed by atoms with van der Waals surface area (Å²) in [5.74, 6) is -1.26. The summed E-state index contributed by atoms with van der Waals surface area (Å²) in [7, 11) is 0. The fourth-order valence-electron chi connectivity index (χ4n) is 3.38. The maximum Gasteiger partial charge on any atom is 0.262 e. The number of carbonyl (C=O) groups is 2. The number of carbonyl (C=O) groups excluding carboxylic acids is 2. The fourth-order valence-corrected chi connectivity index (χ4v) is 4.60. The first kappa shape index (κ1) is 22.6. The summed E-state index contributed by atoms with van der Waals surface area (Å²) in [6, 6.07) is 18.3. The number of benzene rings is 2. The van der Waals surface area contributed by atoms with Gasteiger partial charge in [-0.3, -0.25) is 14.6 Å². The van der Waals surface area contributed by atoms with E-state index in [1.54, 1.807) is 25.4 Å². The first-order valence-corrected chi connectivity index (χ1v) is 11.2. The highest BCUT2D eigenvalue weighted by Gasteiger charge is 2.21. The lowest BCUT2D eigenvalue weighted by molar-refractivity contribution is 0.0945. The Morgan fingerprint density at radius 2 is 1.67 bits per heavy atom. The molecular weight excluding hydrogens is 461 g/mol. The van der Waals surface area contributed by atoms with E-state index in [-0.39, 0.29) is 22.5 Å². The van der Waals surface area contributed by atoms with Crippen LogP contribution in [0.2, 0.25) is 5.02 Å². The molecule has 4 rings (SSSR count). The summed E-state index contributed by atoms with van der Waals surface area (Å²) in [5, 5.41) is 6.33. The summed E-state index contributed by atoms with van der Waals surface area (Å²) >= 11 is 7.14. The van der Waals surface area contributed by atoms with Crippen LogP contribution in [0.1, 0.15) is 42.8 Å². The van der Waals surface area contributed by atoms with Crippen LogP contribution in [-0.4, -0.2) is 16.8 Å². The molecule has 2 amide bonds. The van der Waals surface area contributed by atoms with Crippen LogP contribution in [0.4, 0.5) is 9.39 Å². The predicted octanol–water partition coefficient (Wildman–Crippen LogP) is 6.02. The zero-order valence-electron chi connectivity index (χ0n) is 17.5. The van der Waals surface area contributed by atoms with Crippen molar-refractivity contribution in [2.75, 3.05) is 5.32 Å².